The number of rotatable bonds is 0. The van der Waals surface area contributed by atoms with Gasteiger partial charge in [0, 0.05) is 4.48 Å². The van der Waals surface area contributed by atoms with Gasteiger partial charge in [0.2, 0.25) is 0 Å². The van der Waals surface area contributed by atoms with E-state index in [0.29, 0.717) is 0 Å². The number of hydrogen-bond donors (Lipinski definition) is 0. The maximum atomic E-state index is 5.83. The predicted octanol–water partition coefficient (Wildman–Crippen LogP) is 3.56. The first kappa shape index (κ1) is 7.83. The lowest BCUT2D eigenvalue weighted by molar-refractivity contribution is 1.03. The normalized spacial score (nSPS) is 27.2. The molecule has 0 radical (unpaired) electrons. The van der Waals surface area contributed by atoms with Crippen molar-refractivity contribution in [2.45, 2.75) is 11.8 Å². The van der Waals surface area contributed by atoms with Gasteiger partial charge in [-0.2, -0.15) is 0 Å². The van der Waals surface area contributed by atoms with Gasteiger partial charge in [0.05, 0.1) is 5.38 Å². The van der Waals surface area contributed by atoms with E-state index in [0.717, 1.165) is 15.4 Å². The summed E-state index contributed by atoms with van der Waals surface area (Å²) >= 11 is 12.5. The molecular formula is C6H5Br2Cl. The van der Waals surface area contributed by atoms with Crippen molar-refractivity contribution < 1.29 is 0 Å². The Labute approximate surface area is 76.2 Å². The van der Waals surface area contributed by atoms with Crippen LogP contribution in [0.25, 0.3) is 0 Å². The molecule has 0 spiro atoms. The lowest BCUT2D eigenvalue weighted by Crippen LogP contribution is -1.97. The zero-order valence-corrected chi connectivity index (χ0v) is 8.50. The summed E-state index contributed by atoms with van der Waals surface area (Å²) in [5.41, 5.74) is 0. The molecule has 0 aliphatic heterocycles. The van der Waals surface area contributed by atoms with E-state index < -0.39 is 0 Å². The third-order valence-electron chi connectivity index (χ3n) is 1.02. The molecule has 1 unspecified atom stereocenters. The van der Waals surface area contributed by atoms with E-state index in [1.54, 1.807) is 0 Å². The van der Waals surface area contributed by atoms with Crippen LogP contribution in [0.2, 0.25) is 0 Å². The van der Waals surface area contributed by atoms with Crippen LogP contribution in [0, 0.1) is 0 Å². The van der Waals surface area contributed by atoms with Crippen molar-refractivity contribution in [3.8, 4) is 0 Å². The van der Waals surface area contributed by atoms with Crippen LogP contribution >= 0.6 is 43.5 Å². The van der Waals surface area contributed by atoms with Crippen molar-refractivity contribution in [1.29, 1.82) is 0 Å². The quantitative estimate of drug-likeness (QED) is 0.592. The van der Waals surface area contributed by atoms with Gasteiger partial charge in [-0.05, 0) is 17.0 Å². The molecule has 0 aromatic rings. The molecule has 0 aromatic heterocycles. The van der Waals surface area contributed by atoms with Gasteiger partial charge in [-0.25, -0.2) is 0 Å². The van der Waals surface area contributed by atoms with Crippen molar-refractivity contribution in [3.05, 3.63) is 21.1 Å². The third-order valence-corrected chi connectivity index (χ3v) is 2.35. The van der Waals surface area contributed by atoms with E-state index in [9.17, 15) is 0 Å². The average Bonchev–Trinajstić information content (AvgIpc) is 1.59. The summed E-state index contributed by atoms with van der Waals surface area (Å²) in [7, 11) is 0. The highest BCUT2D eigenvalue weighted by Crippen LogP contribution is 2.27. The van der Waals surface area contributed by atoms with E-state index in [4.69, 9.17) is 11.6 Å². The standard InChI is InChI=1S/C6H5Br2Cl/c7-4-1-5(8)3-6(9)2-4/h1-2,6H,3H2. The van der Waals surface area contributed by atoms with Crippen LogP contribution in [-0.2, 0) is 0 Å². The first-order valence-electron chi connectivity index (χ1n) is 2.56. The van der Waals surface area contributed by atoms with Crippen LogP contribution in [0.1, 0.15) is 6.42 Å². The molecule has 0 N–H and O–H groups in total. The minimum Gasteiger partial charge on any atom is -0.118 e. The summed E-state index contributed by atoms with van der Waals surface area (Å²) < 4.78 is 2.21. The Hall–Kier alpha value is 0.730. The first-order chi connectivity index (χ1) is 4.18. The third kappa shape index (κ3) is 2.44. The van der Waals surface area contributed by atoms with Crippen LogP contribution in [-0.4, -0.2) is 5.38 Å². The van der Waals surface area contributed by atoms with E-state index >= 15 is 0 Å². The van der Waals surface area contributed by atoms with Crippen LogP contribution < -0.4 is 0 Å². The second-order valence-corrected chi connectivity index (χ2v) is 4.36. The molecule has 1 rings (SSSR count). The molecule has 0 bridgehead atoms. The SMILES string of the molecule is ClC1C=C(Br)C=C(Br)C1. The van der Waals surface area contributed by atoms with Crippen molar-refractivity contribution >= 4 is 43.5 Å². The highest BCUT2D eigenvalue weighted by Gasteiger charge is 2.08. The highest BCUT2D eigenvalue weighted by atomic mass is 79.9. The molecule has 0 nitrogen and oxygen atoms in total. The van der Waals surface area contributed by atoms with Crippen molar-refractivity contribution in [2.75, 3.05) is 0 Å². The zero-order valence-electron chi connectivity index (χ0n) is 4.57. The Kier molecular flexibility index (Phi) is 2.80. The first-order valence-corrected chi connectivity index (χ1v) is 4.58. The summed E-state index contributed by atoms with van der Waals surface area (Å²) in [5, 5.41) is 0.138. The topological polar surface area (TPSA) is 0 Å². The van der Waals surface area contributed by atoms with Gasteiger partial charge < -0.3 is 0 Å². The fourth-order valence-corrected chi connectivity index (χ4v) is 2.81. The lowest BCUT2D eigenvalue weighted by Gasteiger charge is -2.08. The summed E-state index contributed by atoms with van der Waals surface area (Å²) in [6.45, 7) is 0. The summed E-state index contributed by atoms with van der Waals surface area (Å²) in [6.07, 6.45) is 4.89. The molecule has 0 heterocycles. The maximum Gasteiger partial charge on any atom is 0.0575 e. The van der Waals surface area contributed by atoms with E-state index in [1.807, 2.05) is 12.2 Å². The van der Waals surface area contributed by atoms with Crippen molar-refractivity contribution in [3.63, 3.8) is 0 Å². The lowest BCUT2D eigenvalue weighted by atomic mass is 10.2. The number of hydrogen-bond acceptors (Lipinski definition) is 0. The Morgan fingerprint density at radius 3 is 2.67 bits per heavy atom. The van der Waals surface area contributed by atoms with Crippen LogP contribution in [0.4, 0.5) is 0 Å². The fourth-order valence-electron chi connectivity index (χ4n) is 0.675. The van der Waals surface area contributed by atoms with E-state index in [1.165, 1.54) is 0 Å². The van der Waals surface area contributed by atoms with Crippen LogP contribution in [0.15, 0.2) is 21.1 Å². The number of alkyl halides is 1. The van der Waals surface area contributed by atoms with Crippen LogP contribution in [0.3, 0.4) is 0 Å². The Balaban J connectivity index is 2.74. The van der Waals surface area contributed by atoms with E-state index in [2.05, 4.69) is 31.9 Å². The van der Waals surface area contributed by atoms with Gasteiger partial charge in [-0.15, -0.1) is 11.6 Å². The summed E-state index contributed by atoms with van der Waals surface area (Å²) in [4.78, 5) is 0. The molecule has 9 heavy (non-hydrogen) atoms. The molecule has 0 saturated heterocycles. The van der Waals surface area contributed by atoms with Gasteiger partial charge in [0.15, 0.2) is 0 Å². The van der Waals surface area contributed by atoms with Crippen molar-refractivity contribution in [1.82, 2.24) is 0 Å². The molecule has 0 fully saturated rings. The largest absolute Gasteiger partial charge is 0.118 e. The fraction of sp³-hybridized carbons (Fsp3) is 0.333. The molecule has 0 aromatic carbocycles. The summed E-state index contributed by atoms with van der Waals surface area (Å²) in [5.74, 6) is 0. The smallest absolute Gasteiger partial charge is 0.0575 e. The Bertz CT molecular complexity index is 172. The predicted molar refractivity (Wildman–Crippen MR) is 48.3 cm³/mol. The average molecular weight is 272 g/mol. The monoisotopic (exact) mass is 270 g/mol. The van der Waals surface area contributed by atoms with Gasteiger partial charge in [0.25, 0.3) is 0 Å². The minimum atomic E-state index is 0.138. The molecule has 0 saturated carbocycles. The molecule has 3 heteroatoms. The van der Waals surface area contributed by atoms with Crippen LogP contribution in [0.5, 0.6) is 0 Å². The number of halogens is 3. The van der Waals surface area contributed by atoms with E-state index in [-0.39, 0.29) is 5.38 Å². The van der Waals surface area contributed by atoms with Gasteiger partial charge in [-0.1, -0.05) is 37.9 Å². The maximum absolute atomic E-state index is 5.83. The molecule has 1 aliphatic rings. The zero-order chi connectivity index (χ0) is 6.85. The Morgan fingerprint density at radius 1 is 1.56 bits per heavy atom. The number of allylic oxidation sites excluding steroid dienone is 4. The molecular weight excluding hydrogens is 267 g/mol. The second kappa shape index (κ2) is 3.22. The van der Waals surface area contributed by atoms with Gasteiger partial charge >= 0.3 is 0 Å². The minimum absolute atomic E-state index is 0.138. The summed E-state index contributed by atoms with van der Waals surface area (Å²) in [6, 6.07) is 0. The second-order valence-electron chi connectivity index (χ2n) is 1.86. The van der Waals surface area contributed by atoms with Crippen molar-refractivity contribution in [2.24, 2.45) is 0 Å². The van der Waals surface area contributed by atoms with Gasteiger partial charge in [0.1, 0.15) is 0 Å². The Morgan fingerprint density at radius 2 is 2.22 bits per heavy atom. The van der Waals surface area contributed by atoms with Gasteiger partial charge in [-0.3, -0.25) is 0 Å². The molecule has 1 aliphatic carbocycles. The molecule has 1 atom stereocenters. The highest BCUT2D eigenvalue weighted by molar-refractivity contribution is 9.12. The molecule has 0 amide bonds. The molecule has 50 valence electrons.